The summed E-state index contributed by atoms with van der Waals surface area (Å²) in [5.74, 6) is 0.966. The van der Waals surface area contributed by atoms with Crippen molar-refractivity contribution in [2.24, 2.45) is 5.73 Å². The zero-order chi connectivity index (χ0) is 13.0. The van der Waals surface area contributed by atoms with E-state index in [4.69, 9.17) is 15.2 Å². The number of rotatable bonds is 4. The van der Waals surface area contributed by atoms with E-state index in [0.717, 1.165) is 5.69 Å². The molecule has 0 aliphatic carbocycles. The molecule has 0 amide bonds. The Morgan fingerprint density at radius 1 is 1.44 bits per heavy atom. The molecule has 0 saturated carbocycles. The van der Waals surface area contributed by atoms with E-state index in [2.05, 4.69) is 10.1 Å². The van der Waals surface area contributed by atoms with Crippen LogP contribution in [0.3, 0.4) is 0 Å². The molecule has 2 rings (SSSR count). The molecule has 0 spiro atoms. The normalized spacial score (nSPS) is 14.8. The van der Waals surface area contributed by atoms with E-state index in [1.54, 1.807) is 18.2 Å². The number of fused-ring (bicyclic) bond motifs is 1. The van der Waals surface area contributed by atoms with Crippen LogP contribution in [0.15, 0.2) is 18.2 Å². The molecule has 0 bridgehead atoms. The summed E-state index contributed by atoms with van der Waals surface area (Å²) in [5, 5.41) is 2.99. The van der Waals surface area contributed by atoms with Gasteiger partial charge in [0.1, 0.15) is 19.3 Å². The molecule has 1 heterocycles. The highest BCUT2D eigenvalue weighted by Crippen LogP contribution is 2.32. The van der Waals surface area contributed by atoms with Crippen molar-refractivity contribution in [1.82, 2.24) is 0 Å². The van der Waals surface area contributed by atoms with Gasteiger partial charge in [-0.1, -0.05) is 0 Å². The first kappa shape index (κ1) is 12.5. The number of ether oxygens (including phenoxy) is 3. The maximum absolute atomic E-state index is 11.4. The summed E-state index contributed by atoms with van der Waals surface area (Å²) in [6, 6.07) is 4.80. The smallest absolute Gasteiger partial charge is 0.329 e. The Bertz CT molecular complexity index is 436. The van der Waals surface area contributed by atoms with Crippen molar-refractivity contribution in [3.8, 4) is 11.5 Å². The Morgan fingerprint density at radius 2 is 2.17 bits per heavy atom. The van der Waals surface area contributed by atoms with Gasteiger partial charge in [-0.3, -0.25) is 0 Å². The fraction of sp³-hybridized carbons (Fsp3) is 0.417. The number of esters is 1. The Labute approximate surface area is 105 Å². The summed E-state index contributed by atoms with van der Waals surface area (Å²) in [4.78, 5) is 11.4. The first-order valence-electron chi connectivity index (χ1n) is 5.68. The van der Waals surface area contributed by atoms with Gasteiger partial charge in [0.2, 0.25) is 0 Å². The third kappa shape index (κ3) is 2.65. The van der Waals surface area contributed by atoms with Gasteiger partial charge in [-0.25, -0.2) is 4.79 Å². The van der Waals surface area contributed by atoms with Crippen LogP contribution in [-0.4, -0.2) is 38.9 Å². The molecule has 1 aromatic rings. The zero-order valence-electron chi connectivity index (χ0n) is 10.1. The van der Waals surface area contributed by atoms with Gasteiger partial charge in [0.25, 0.3) is 0 Å². The molecule has 3 N–H and O–H groups in total. The van der Waals surface area contributed by atoms with Crippen molar-refractivity contribution in [1.29, 1.82) is 0 Å². The van der Waals surface area contributed by atoms with E-state index < -0.39 is 12.0 Å². The first-order chi connectivity index (χ1) is 8.74. The fourth-order valence-electron chi connectivity index (χ4n) is 1.69. The number of hydrogen-bond donors (Lipinski definition) is 2. The minimum atomic E-state index is -0.572. The molecule has 0 aromatic heterocycles. The zero-order valence-corrected chi connectivity index (χ0v) is 10.1. The second-order valence-electron chi connectivity index (χ2n) is 3.81. The third-order valence-electron chi connectivity index (χ3n) is 2.60. The third-order valence-corrected chi connectivity index (χ3v) is 2.60. The van der Waals surface area contributed by atoms with E-state index in [-0.39, 0.29) is 6.54 Å². The van der Waals surface area contributed by atoms with Crippen LogP contribution in [0.5, 0.6) is 11.5 Å². The van der Waals surface area contributed by atoms with Crippen LogP contribution in [0, 0.1) is 0 Å². The van der Waals surface area contributed by atoms with Crippen molar-refractivity contribution in [2.45, 2.75) is 6.04 Å². The number of benzene rings is 1. The van der Waals surface area contributed by atoms with Crippen LogP contribution in [0.4, 0.5) is 5.69 Å². The van der Waals surface area contributed by atoms with Gasteiger partial charge in [-0.05, 0) is 12.1 Å². The lowest BCUT2D eigenvalue weighted by Crippen LogP contribution is -2.37. The van der Waals surface area contributed by atoms with Crippen molar-refractivity contribution in [3.63, 3.8) is 0 Å². The lowest BCUT2D eigenvalue weighted by molar-refractivity contribution is -0.141. The highest BCUT2D eigenvalue weighted by molar-refractivity contribution is 5.79. The quantitative estimate of drug-likeness (QED) is 0.753. The molecule has 6 heteroatoms. The summed E-state index contributed by atoms with van der Waals surface area (Å²) in [6.45, 7) is 1.22. The van der Waals surface area contributed by atoms with E-state index in [1.807, 2.05) is 0 Å². The standard InChI is InChI=1S/C12H16N2O4/c1-16-12(15)9(7-13)14-8-2-3-10-11(6-8)18-5-4-17-10/h2-3,6,9,14H,4-5,7,13H2,1H3. The molecule has 1 aromatic carbocycles. The van der Waals surface area contributed by atoms with Gasteiger partial charge in [-0.2, -0.15) is 0 Å². The van der Waals surface area contributed by atoms with Crippen molar-refractivity contribution in [3.05, 3.63) is 18.2 Å². The number of nitrogens with two attached hydrogens (primary N) is 1. The molecular formula is C12H16N2O4. The second-order valence-corrected chi connectivity index (χ2v) is 3.81. The molecule has 6 nitrogen and oxygen atoms in total. The van der Waals surface area contributed by atoms with Crippen LogP contribution in [0.2, 0.25) is 0 Å². The highest BCUT2D eigenvalue weighted by atomic mass is 16.6. The van der Waals surface area contributed by atoms with Crippen LogP contribution in [0.1, 0.15) is 0 Å². The molecule has 0 radical (unpaired) electrons. The van der Waals surface area contributed by atoms with Crippen molar-refractivity contribution >= 4 is 11.7 Å². The summed E-state index contributed by atoms with van der Waals surface area (Å²) in [6.07, 6.45) is 0. The van der Waals surface area contributed by atoms with Gasteiger partial charge in [0.15, 0.2) is 11.5 Å². The van der Waals surface area contributed by atoms with E-state index in [0.29, 0.717) is 24.7 Å². The van der Waals surface area contributed by atoms with Crippen LogP contribution >= 0.6 is 0 Å². The average molecular weight is 252 g/mol. The van der Waals surface area contributed by atoms with E-state index >= 15 is 0 Å². The average Bonchev–Trinajstić information content (AvgIpc) is 2.43. The maximum atomic E-state index is 11.4. The molecule has 1 atom stereocenters. The Balaban J connectivity index is 2.11. The van der Waals surface area contributed by atoms with Crippen molar-refractivity contribution < 1.29 is 19.0 Å². The van der Waals surface area contributed by atoms with E-state index in [9.17, 15) is 4.79 Å². The topological polar surface area (TPSA) is 82.8 Å². The van der Waals surface area contributed by atoms with Gasteiger partial charge in [0, 0.05) is 18.3 Å². The Morgan fingerprint density at radius 3 is 2.83 bits per heavy atom. The Hall–Kier alpha value is -1.95. The number of methoxy groups -OCH3 is 1. The van der Waals surface area contributed by atoms with Gasteiger partial charge >= 0.3 is 5.97 Å². The van der Waals surface area contributed by atoms with Crippen LogP contribution in [0.25, 0.3) is 0 Å². The van der Waals surface area contributed by atoms with Gasteiger partial charge in [0.05, 0.1) is 7.11 Å². The van der Waals surface area contributed by atoms with Crippen LogP contribution < -0.4 is 20.5 Å². The lowest BCUT2D eigenvalue weighted by atomic mass is 10.2. The number of nitrogens with one attached hydrogen (secondary N) is 1. The largest absolute Gasteiger partial charge is 0.486 e. The lowest BCUT2D eigenvalue weighted by Gasteiger charge is -2.20. The Kier molecular flexibility index (Phi) is 3.88. The molecule has 18 heavy (non-hydrogen) atoms. The molecule has 1 unspecified atom stereocenters. The first-order valence-corrected chi connectivity index (χ1v) is 5.68. The van der Waals surface area contributed by atoms with E-state index in [1.165, 1.54) is 7.11 Å². The maximum Gasteiger partial charge on any atom is 0.329 e. The minimum absolute atomic E-state index is 0.154. The van der Waals surface area contributed by atoms with Gasteiger partial charge < -0.3 is 25.3 Å². The molecule has 0 fully saturated rings. The summed E-state index contributed by atoms with van der Waals surface area (Å²) in [7, 11) is 1.33. The van der Waals surface area contributed by atoms with Crippen LogP contribution in [-0.2, 0) is 9.53 Å². The number of carbonyl (C=O) groups excluding carboxylic acids is 1. The predicted octanol–water partition coefficient (Wildman–Crippen LogP) is 0.370. The summed E-state index contributed by atoms with van der Waals surface area (Å²) in [5.41, 5.74) is 6.25. The molecule has 1 aliphatic heterocycles. The SMILES string of the molecule is COC(=O)C(CN)Nc1ccc2c(c1)OCCO2. The summed E-state index contributed by atoms with van der Waals surface area (Å²) < 4.78 is 15.5. The second kappa shape index (κ2) is 5.59. The minimum Gasteiger partial charge on any atom is -0.486 e. The molecule has 98 valence electrons. The predicted molar refractivity (Wildman–Crippen MR) is 65.9 cm³/mol. The molecular weight excluding hydrogens is 236 g/mol. The number of anilines is 1. The van der Waals surface area contributed by atoms with Gasteiger partial charge in [-0.15, -0.1) is 0 Å². The molecule has 0 saturated heterocycles. The molecule has 1 aliphatic rings. The highest BCUT2D eigenvalue weighted by Gasteiger charge is 2.18. The van der Waals surface area contributed by atoms with Crippen molar-refractivity contribution in [2.75, 3.05) is 32.2 Å². The monoisotopic (exact) mass is 252 g/mol. The fourth-order valence-corrected chi connectivity index (χ4v) is 1.69. The number of hydrogen-bond acceptors (Lipinski definition) is 6. The summed E-state index contributed by atoms with van der Waals surface area (Å²) >= 11 is 0. The number of carbonyl (C=O) groups is 1.